The van der Waals surface area contributed by atoms with E-state index < -0.39 is 4.92 Å². The molecule has 0 aliphatic carbocycles. The van der Waals surface area contributed by atoms with Gasteiger partial charge in [0.1, 0.15) is 0 Å². The molecule has 0 spiro atoms. The van der Waals surface area contributed by atoms with Crippen molar-refractivity contribution in [1.29, 1.82) is 0 Å². The molecule has 1 N–H and O–H groups in total. The highest BCUT2D eigenvalue weighted by atomic mass is 16.6. The standard InChI is InChI=1S/C8H8NO3/c1-6-2-7(5-10)4-8(3-6)9(11)12/h3-4,10H,5H2,1H3. The molecule has 4 nitrogen and oxygen atoms in total. The van der Waals surface area contributed by atoms with Crippen LogP contribution in [0.2, 0.25) is 0 Å². The lowest BCUT2D eigenvalue weighted by Gasteiger charge is -1.97. The van der Waals surface area contributed by atoms with Crippen molar-refractivity contribution in [2.75, 3.05) is 0 Å². The van der Waals surface area contributed by atoms with Gasteiger partial charge in [-0.2, -0.15) is 0 Å². The number of nitro benzene ring substituents is 1. The molecule has 0 aliphatic heterocycles. The predicted molar refractivity (Wildman–Crippen MR) is 42.6 cm³/mol. The van der Waals surface area contributed by atoms with Gasteiger partial charge in [-0.15, -0.1) is 0 Å². The summed E-state index contributed by atoms with van der Waals surface area (Å²) in [5.41, 5.74) is 1.10. The van der Waals surface area contributed by atoms with E-state index in [-0.39, 0.29) is 12.3 Å². The van der Waals surface area contributed by atoms with Gasteiger partial charge in [0.2, 0.25) is 0 Å². The maximum atomic E-state index is 10.3. The molecule has 1 aromatic carbocycles. The van der Waals surface area contributed by atoms with E-state index in [1.165, 1.54) is 12.1 Å². The number of hydrogen-bond donors (Lipinski definition) is 1. The Morgan fingerprint density at radius 3 is 2.83 bits per heavy atom. The third kappa shape index (κ3) is 1.79. The molecular weight excluding hydrogens is 158 g/mol. The predicted octanol–water partition coefficient (Wildman–Crippen LogP) is 1.20. The third-order valence-electron chi connectivity index (χ3n) is 1.43. The highest BCUT2D eigenvalue weighted by Gasteiger charge is 2.06. The monoisotopic (exact) mass is 166 g/mol. The van der Waals surface area contributed by atoms with Crippen molar-refractivity contribution < 1.29 is 10.0 Å². The van der Waals surface area contributed by atoms with E-state index in [0.717, 1.165) is 0 Å². The van der Waals surface area contributed by atoms with E-state index in [2.05, 4.69) is 6.07 Å². The summed E-state index contributed by atoms with van der Waals surface area (Å²) in [6, 6.07) is 5.53. The van der Waals surface area contributed by atoms with Gasteiger partial charge in [-0.3, -0.25) is 10.1 Å². The van der Waals surface area contributed by atoms with Gasteiger partial charge in [0, 0.05) is 12.1 Å². The number of benzene rings is 1. The van der Waals surface area contributed by atoms with Crippen molar-refractivity contribution in [3.63, 3.8) is 0 Å². The third-order valence-corrected chi connectivity index (χ3v) is 1.43. The number of rotatable bonds is 2. The average Bonchev–Trinajstić information content (AvgIpc) is 2.03. The zero-order valence-electron chi connectivity index (χ0n) is 6.57. The number of nitro groups is 1. The second kappa shape index (κ2) is 3.32. The Morgan fingerprint density at radius 1 is 1.67 bits per heavy atom. The van der Waals surface area contributed by atoms with E-state index in [1.807, 2.05) is 0 Å². The van der Waals surface area contributed by atoms with Crippen molar-refractivity contribution in [1.82, 2.24) is 0 Å². The molecule has 0 heterocycles. The van der Waals surface area contributed by atoms with E-state index in [4.69, 9.17) is 5.11 Å². The van der Waals surface area contributed by atoms with Crippen molar-refractivity contribution in [3.8, 4) is 0 Å². The first-order valence-corrected chi connectivity index (χ1v) is 3.41. The van der Waals surface area contributed by atoms with Gasteiger partial charge in [-0.1, -0.05) is 0 Å². The van der Waals surface area contributed by atoms with Crippen LogP contribution in [0.1, 0.15) is 11.1 Å². The molecule has 0 aliphatic rings. The summed E-state index contributed by atoms with van der Waals surface area (Å²) in [5, 5.41) is 19.0. The van der Waals surface area contributed by atoms with Gasteiger partial charge >= 0.3 is 0 Å². The van der Waals surface area contributed by atoms with Crippen LogP contribution in [-0.4, -0.2) is 10.0 Å². The lowest BCUT2D eigenvalue weighted by atomic mass is 10.1. The lowest BCUT2D eigenvalue weighted by molar-refractivity contribution is -0.385. The maximum absolute atomic E-state index is 10.3. The Bertz CT molecular complexity index is 309. The van der Waals surface area contributed by atoms with E-state index in [9.17, 15) is 10.1 Å². The first kappa shape index (κ1) is 8.67. The molecule has 0 unspecified atom stereocenters. The second-order valence-electron chi connectivity index (χ2n) is 2.46. The van der Waals surface area contributed by atoms with Crippen LogP contribution >= 0.6 is 0 Å². The molecule has 1 rings (SSSR count). The first-order chi connectivity index (χ1) is 5.63. The summed E-state index contributed by atoms with van der Waals surface area (Å²) in [6.45, 7) is 1.48. The van der Waals surface area contributed by atoms with Crippen LogP contribution in [0, 0.1) is 23.1 Å². The van der Waals surface area contributed by atoms with E-state index in [0.29, 0.717) is 11.1 Å². The molecule has 0 fully saturated rings. The molecule has 0 atom stereocenters. The second-order valence-corrected chi connectivity index (χ2v) is 2.46. The molecule has 1 radical (unpaired) electrons. The fraction of sp³-hybridized carbons (Fsp3) is 0.250. The van der Waals surface area contributed by atoms with Crippen LogP contribution in [0.25, 0.3) is 0 Å². The highest BCUT2D eigenvalue weighted by Crippen LogP contribution is 2.15. The fourth-order valence-corrected chi connectivity index (χ4v) is 0.958. The summed E-state index contributed by atoms with van der Waals surface area (Å²) in [5.74, 6) is 0. The summed E-state index contributed by atoms with van der Waals surface area (Å²) >= 11 is 0. The quantitative estimate of drug-likeness (QED) is 0.530. The summed E-state index contributed by atoms with van der Waals surface area (Å²) in [4.78, 5) is 9.85. The smallest absolute Gasteiger partial charge is 0.270 e. The highest BCUT2D eigenvalue weighted by molar-refractivity contribution is 5.37. The average molecular weight is 166 g/mol. The molecule has 0 bridgehead atoms. The van der Waals surface area contributed by atoms with Crippen LogP contribution in [-0.2, 0) is 6.61 Å². The zero-order chi connectivity index (χ0) is 9.14. The van der Waals surface area contributed by atoms with Crippen molar-refractivity contribution in [3.05, 3.63) is 39.4 Å². The molecule has 4 heteroatoms. The zero-order valence-corrected chi connectivity index (χ0v) is 6.57. The molecule has 1 aromatic rings. The SMILES string of the molecule is Cc1[c]c(CO)cc([N+](=O)[O-])c1. The summed E-state index contributed by atoms with van der Waals surface area (Å²) < 4.78 is 0. The number of hydrogen-bond acceptors (Lipinski definition) is 3. The topological polar surface area (TPSA) is 63.4 Å². The van der Waals surface area contributed by atoms with Crippen LogP contribution in [0.3, 0.4) is 0 Å². The minimum atomic E-state index is -0.486. The van der Waals surface area contributed by atoms with Gasteiger partial charge in [-0.05, 0) is 24.1 Å². The van der Waals surface area contributed by atoms with Crippen molar-refractivity contribution >= 4 is 5.69 Å². The van der Waals surface area contributed by atoms with Crippen LogP contribution in [0.15, 0.2) is 12.1 Å². The Hall–Kier alpha value is -1.42. The molecule has 12 heavy (non-hydrogen) atoms. The van der Waals surface area contributed by atoms with E-state index >= 15 is 0 Å². The summed E-state index contributed by atoms with van der Waals surface area (Å²) in [6.07, 6.45) is 0. The minimum absolute atomic E-state index is 0.00435. The van der Waals surface area contributed by atoms with Crippen LogP contribution < -0.4 is 0 Å². The lowest BCUT2D eigenvalue weighted by Crippen LogP contribution is -1.92. The van der Waals surface area contributed by atoms with Gasteiger partial charge in [0.25, 0.3) is 5.69 Å². The van der Waals surface area contributed by atoms with Crippen molar-refractivity contribution in [2.45, 2.75) is 13.5 Å². The molecule has 63 valence electrons. The Balaban J connectivity index is 3.15. The van der Waals surface area contributed by atoms with Gasteiger partial charge in [-0.25, -0.2) is 0 Å². The van der Waals surface area contributed by atoms with Gasteiger partial charge in [0.05, 0.1) is 11.5 Å². The molecule has 0 amide bonds. The Kier molecular flexibility index (Phi) is 2.40. The molecule has 0 aromatic heterocycles. The summed E-state index contributed by atoms with van der Waals surface area (Å²) in [7, 11) is 0. The Morgan fingerprint density at radius 2 is 2.33 bits per heavy atom. The van der Waals surface area contributed by atoms with Crippen LogP contribution in [0.5, 0.6) is 0 Å². The maximum Gasteiger partial charge on any atom is 0.270 e. The Labute approximate surface area is 69.6 Å². The van der Waals surface area contributed by atoms with Crippen molar-refractivity contribution in [2.24, 2.45) is 0 Å². The van der Waals surface area contributed by atoms with Gasteiger partial charge < -0.3 is 5.11 Å². The number of aryl methyl sites for hydroxylation is 1. The minimum Gasteiger partial charge on any atom is -0.392 e. The fourth-order valence-electron chi connectivity index (χ4n) is 0.958. The van der Waals surface area contributed by atoms with E-state index in [1.54, 1.807) is 6.92 Å². The number of non-ortho nitro benzene ring substituents is 1. The molecule has 0 saturated heterocycles. The number of aliphatic hydroxyl groups is 1. The number of aliphatic hydroxyl groups excluding tert-OH is 1. The first-order valence-electron chi connectivity index (χ1n) is 3.41. The molecular formula is C8H8NO3. The van der Waals surface area contributed by atoms with Crippen LogP contribution in [0.4, 0.5) is 5.69 Å². The number of nitrogens with zero attached hydrogens (tertiary/aromatic N) is 1. The van der Waals surface area contributed by atoms with Gasteiger partial charge in [0.15, 0.2) is 0 Å². The normalized spacial score (nSPS) is 9.83. The largest absolute Gasteiger partial charge is 0.392 e. The molecule has 0 saturated carbocycles.